The molecule has 1 aromatic rings. The lowest BCUT2D eigenvalue weighted by atomic mass is 10.1. The summed E-state index contributed by atoms with van der Waals surface area (Å²) in [4.78, 5) is 13.3. The molecule has 1 N–H and O–H groups in total. The van der Waals surface area contributed by atoms with Gasteiger partial charge in [-0.3, -0.25) is 0 Å². The summed E-state index contributed by atoms with van der Waals surface area (Å²) >= 11 is 1.71. The summed E-state index contributed by atoms with van der Waals surface area (Å²) in [5.41, 5.74) is 1.17. The van der Waals surface area contributed by atoms with Crippen LogP contribution >= 0.6 is 11.3 Å². The third-order valence-corrected chi connectivity index (χ3v) is 4.24. The molecule has 0 bridgehead atoms. The minimum atomic E-state index is -3.33. The first-order valence-electron chi connectivity index (χ1n) is 6.19. The molecule has 0 amide bonds. The van der Waals surface area contributed by atoms with Crippen molar-refractivity contribution in [3.05, 3.63) is 21.4 Å². The molecule has 1 saturated heterocycles. The predicted molar refractivity (Wildman–Crippen MR) is 69.7 cm³/mol. The van der Waals surface area contributed by atoms with Crippen LogP contribution in [0.25, 0.3) is 0 Å². The van der Waals surface area contributed by atoms with Crippen LogP contribution in [-0.4, -0.2) is 24.5 Å². The first-order valence-corrected chi connectivity index (χ1v) is 7.00. The van der Waals surface area contributed by atoms with Crippen LogP contribution in [0.5, 0.6) is 0 Å². The molecular weight excluding hydrogens is 272 g/mol. The van der Waals surface area contributed by atoms with Gasteiger partial charge in [0.1, 0.15) is 6.10 Å². The molecule has 0 spiro atoms. The minimum absolute atomic E-state index is 0.0536. The maximum absolute atomic E-state index is 13.0. The third kappa shape index (κ3) is 3.12. The number of ether oxygens (including phenoxy) is 1. The van der Waals surface area contributed by atoms with Crippen LogP contribution in [0.4, 0.5) is 8.78 Å². The Labute approximate surface area is 115 Å². The Hall–Kier alpha value is -1.01. The molecule has 2 atom stereocenters. The second-order valence-electron chi connectivity index (χ2n) is 4.93. The Kier molecular flexibility index (Phi) is 3.92. The molecule has 1 aromatic heterocycles. The summed E-state index contributed by atoms with van der Waals surface area (Å²) in [5.74, 6) is -4.74. The van der Waals surface area contributed by atoms with Gasteiger partial charge in [0.2, 0.25) is 0 Å². The Morgan fingerprint density at radius 1 is 1.58 bits per heavy atom. The van der Waals surface area contributed by atoms with E-state index in [4.69, 9.17) is 0 Å². The molecule has 106 valence electrons. The zero-order valence-corrected chi connectivity index (χ0v) is 11.9. The number of carbonyl (C=O) groups is 1. The van der Waals surface area contributed by atoms with Crippen molar-refractivity contribution in [2.75, 3.05) is 6.54 Å². The molecule has 6 heteroatoms. The van der Waals surface area contributed by atoms with Gasteiger partial charge < -0.3 is 10.1 Å². The van der Waals surface area contributed by atoms with Crippen LogP contribution in [0.15, 0.2) is 6.07 Å². The molecule has 1 aliphatic heterocycles. The quantitative estimate of drug-likeness (QED) is 0.866. The van der Waals surface area contributed by atoms with Gasteiger partial charge in [0, 0.05) is 22.3 Å². The second-order valence-corrected chi connectivity index (χ2v) is 6.39. The highest BCUT2D eigenvalue weighted by Gasteiger charge is 2.50. The van der Waals surface area contributed by atoms with Crippen molar-refractivity contribution in [2.24, 2.45) is 0 Å². The summed E-state index contributed by atoms with van der Waals surface area (Å²) in [7, 11) is 0. The molecule has 1 fully saturated rings. The minimum Gasteiger partial charge on any atom is -0.456 e. The van der Waals surface area contributed by atoms with Gasteiger partial charge in [-0.25, -0.2) is 4.79 Å². The van der Waals surface area contributed by atoms with Crippen molar-refractivity contribution < 1.29 is 18.3 Å². The molecule has 0 radical (unpaired) electrons. The van der Waals surface area contributed by atoms with Crippen LogP contribution in [0, 0.1) is 13.8 Å². The Morgan fingerprint density at radius 3 is 2.74 bits per heavy atom. The van der Waals surface area contributed by atoms with E-state index < -0.39 is 24.4 Å². The lowest BCUT2D eigenvalue weighted by molar-refractivity contribution is -0.159. The van der Waals surface area contributed by atoms with E-state index in [0.29, 0.717) is 0 Å². The highest BCUT2D eigenvalue weighted by molar-refractivity contribution is 7.12. The highest BCUT2D eigenvalue weighted by Crippen LogP contribution is 2.31. The average Bonchev–Trinajstić information content (AvgIpc) is 2.76. The van der Waals surface area contributed by atoms with E-state index in [9.17, 15) is 13.6 Å². The van der Waals surface area contributed by atoms with Gasteiger partial charge in [-0.05, 0) is 32.4 Å². The van der Waals surface area contributed by atoms with Crippen LogP contribution in [0.2, 0.25) is 0 Å². The second kappa shape index (κ2) is 5.17. The van der Waals surface area contributed by atoms with Crippen molar-refractivity contribution in [1.82, 2.24) is 5.32 Å². The number of esters is 1. The molecule has 2 rings (SSSR count). The average molecular weight is 289 g/mol. The number of nitrogens with one attached hydrogen (secondary N) is 1. The normalized spacial score (nSPS) is 23.4. The van der Waals surface area contributed by atoms with Gasteiger partial charge in [0.15, 0.2) is 0 Å². The van der Waals surface area contributed by atoms with Crippen molar-refractivity contribution in [1.29, 1.82) is 0 Å². The topological polar surface area (TPSA) is 38.3 Å². The molecule has 2 heterocycles. The van der Waals surface area contributed by atoms with E-state index in [0.717, 1.165) is 0 Å². The zero-order chi connectivity index (χ0) is 14.2. The van der Waals surface area contributed by atoms with Gasteiger partial charge in [-0.1, -0.05) is 0 Å². The standard InChI is InChI=1S/C13H17F2NO2S/c1-7-4-11(9(3)19-7)8(2)16-6-10-5-13(14,15)12(17)18-10/h4,8,10,16H,5-6H2,1-3H3. The molecule has 0 aromatic carbocycles. The van der Waals surface area contributed by atoms with E-state index in [1.807, 2.05) is 20.8 Å². The van der Waals surface area contributed by atoms with Crippen molar-refractivity contribution in [2.45, 2.75) is 45.3 Å². The Morgan fingerprint density at radius 2 is 2.26 bits per heavy atom. The summed E-state index contributed by atoms with van der Waals surface area (Å²) in [6.45, 7) is 6.29. The summed E-state index contributed by atoms with van der Waals surface area (Å²) in [5, 5.41) is 3.15. The van der Waals surface area contributed by atoms with E-state index in [2.05, 4.69) is 16.1 Å². The molecular formula is C13H17F2NO2S. The fourth-order valence-corrected chi connectivity index (χ4v) is 3.28. The molecule has 3 nitrogen and oxygen atoms in total. The highest BCUT2D eigenvalue weighted by atomic mass is 32.1. The van der Waals surface area contributed by atoms with Crippen LogP contribution in [0.3, 0.4) is 0 Å². The fraction of sp³-hybridized carbons (Fsp3) is 0.615. The maximum atomic E-state index is 13.0. The number of rotatable bonds is 4. The number of aryl methyl sites for hydroxylation is 2. The third-order valence-electron chi connectivity index (χ3n) is 3.25. The first kappa shape index (κ1) is 14.4. The number of hydrogen-bond donors (Lipinski definition) is 1. The van der Waals surface area contributed by atoms with Gasteiger partial charge in [0.25, 0.3) is 0 Å². The number of hydrogen-bond acceptors (Lipinski definition) is 4. The van der Waals surface area contributed by atoms with E-state index >= 15 is 0 Å². The largest absolute Gasteiger partial charge is 0.456 e. The zero-order valence-electron chi connectivity index (χ0n) is 11.1. The van der Waals surface area contributed by atoms with Crippen molar-refractivity contribution in [3.63, 3.8) is 0 Å². The summed E-state index contributed by atoms with van der Waals surface area (Å²) in [6, 6.07) is 2.14. The smallest absolute Gasteiger partial charge is 0.377 e. The number of carbonyl (C=O) groups excluding carboxylic acids is 1. The monoisotopic (exact) mass is 289 g/mol. The van der Waals surface area contributed by atoms with Crippen molar-refractivity contribution >= 4 is 17.3 Å². The van der Waals surface area contributed by atoms with Gasteiger partial charge in [-0.2, -0.15) is 8.78 Å². The summed E-state index contributed by atoms with van der Waals surface area (Å²) in [6.07, 6.45) is -1.28. The molecule has 19 heavy (non-hydrogen) atoms. The summed E-state index contributed by atoms with van der Waals surface area (Å²) < 4.78 is 30.7. The number of halogens is 2. The van der Waals surface area contributed by atoms with E-state index in [1.165, 1.54) is 15.3 Å². The van der Waals surface area contributed by atoms with E-state index in [1.54, 1.807) is 11.3 Å². The number of cyclic esters (lactones) is 1. The Balaban J connectivity index is 1.90. The first-order chi connectivity index (χ1) is 8.79. The van der Waals surface area contributed by atoms with Crippen molar-refractivity contribution in [3.8, 4) is 0 Å². The molecule has 2 unspecified atom stereocenters. The predicted octanol–water partition coefficient (Wildman–Crippen LogP) is 2.97. The lowest BCUT2D eigenvalue weighted by Crippen LogP contribution is -2.29. The van der Waals surface area contributed by atoms with Gasteiger partial charge in [-0.15, -0.1) is 11.3 Å². The van der Waals surface area contributed by atoms with E-state index in [-0.39, 0.29) is 12.6 Å². The maximum Gasteiger partial charge on any atom is 0.377 e. The fourth-order valence-electron chi connectivity index (χ4n) is 2.26. The molecule has 1 aliphatic rings. The van der Waals surface area contributed by atoms with Crippen LogP contribution < -0.4 is 5.32 Å². The Bertz CT molecular complexity index is 487. The lowest BCUT2D eigenvalue weighted by Gasteiger charge is -2.16. The van der Waals surface area contributed by atoms with Crippen LogP contribution in [-0.2, 0) is 9.53 Å². The van der Waals surface area contributed by atoms with Crippen LogP contribution in [0.1, 0.15) is 34.7 Å². The SMILES string of the molecule is Cc1cc(C(C)NCC2CC(F)(F)C(=O)O2)c(C)s1. The molecule has 0 aliphatic carbocycles. The number of thiophene rings is 1. The molecule has 0 saturated carbocycles. The van der Waals surface area contributed by atoms with Gasteiger partial charge >= 0.3 is 11.9 Å². The number of alkyl halides is 2. The van der Waals surface area contributed by atoms with Gasteiger partial charge in [0.05, 0.1) is 6.42 Å².